The Labute approximate surface area is 135 Å². The van der Waals surface area contributed by atoms with Crippen LogP contribution in [-0.2, 0) is 10.0 Å². The van der Waals surface area contributed by atoms with E-state index in [1.807, 2.05) is 0 Å². The van der Waals surface area contributed by atoms with Crippen LogP contribution < -0.4 is 0 Å². The Hall–Kier alpha value is -1.09. The summed E-state index contributed by atoms with van der Waals surface area (Å²) in [6.07, 6.45) is 3.08. The second-order valence-electron chi connectivity index (χ2n) is 7.06. The Balaban J connectivity index is 2.02. The Bertz CT molecular complexity index is 670. The predicted molar refractivity (Wildman–Crippen MR) is 95.1 cm³/mol. The van der Waals surface area contributed by atoms with Crippen LogP contribution in [0.3, 0.4) is 0 Å². The Kier molecular flexibility index (Phi) is 5.16. The number of piperidine rings is 1. The van der Waals surface area contributed by atoms with Gasteiger partial charge in [-0.25, -0.2) is 12.7 Å². The summed E-state index contributed by atoms with van der Waals surface area (Å²) in [4.78, 5) is 0. The van der Waals surface area contributed by atoms with Crippen molar-refractivity contribution in [3.05, 3.63) is 35.4 Å². The van der Waals surface area contributed by atoms with Crippen molar-refractivity contribution in [3.8, 4) is 11.5 Å². The molecule has 0 saturated carbocycles. The molecule has 0 amide bonds. The van der Waals surface area contributed by atoms with Crippen LogP contribution in [0.15, 0.2) is 24.3 Å². The van der Waals surface area contributed by atoms with Crippen LogP contribution in [0, 0.1) is 11.5 Å². The molecule has 0 bridgehead atoms. The molecule has 2 rings (SSSR count). The summed E-state index contributed by atoms with van der Waals surface area (Å²) < 4.78 is 24.7. The molecule has 0 radical (unpaired) electrons. The van der Waals surface area contributed by atoms with Gasteiger partial charge in [0.1, 0.15) is 8.07 Å². The second kappa shape index (κ2) is 6.57. The summed E-state index contributed by atoms with van der Waals surface area (Å²) >= 11 is 0. The van der Waals surface area contributed by atoms with E-state index in [0.29, 0.717) is 19.0 Å². The van der Waals surface area contributed by atoms with Crippen molar-refractivity contribution in [2.24, 2.45) is 0 Å². The van der Waals surface area contributed by atoms with Crippen molar-refractivity contribution < 1.29 is 8.42 Å². The molecule has 1 aliphatic rings. The van der Waals surface area contributed by atoms with Gasteiger partial charge in [0.05, 0.1) is 6.26 Å². The normalized spacial score (nSPS) is 17.8. The molecule has 5 heteroatoms. The van der Waals surface area contributed by atoms with Gasteiger partial charge >= 0.3 is 0 Å². The lowest BCUT2D eigenvalue weighted by molar-refractivity contribution is 0.321. The van der Waals surface area contributed by atoms with E-state index < -0.39 is 18.1 Å². The summed E-state index contributed by atoms with van der Waals surface area (Å²) in [5.41, 5.74) is 5.74. The summed E-state index contributed by atoms with van der Waals surface area (Å²) in [5, 5.41) is 0. The molecule has 22 heavy (non-hydrogen) atoms. The summed E-state index contributed by atoms with van der Waals surface area (Å²) in [5.74, 6) is 3.72. The molecular weight excluding hydrogens is 310 g/mol. The molecule has 1 aromatic carbocycles. The number of hydrogen-bond donors (Lipinski definition) is 0. The van der Waals surface area contributed by atoms with Gasteiger partial charge in [0.2, 0.25) is 10.0 Å². The standard InChI is InChI=1S/C17H25NO2SSi/c1-21(19,20)18-12-9-17(10-13-18)16-7-5-15(6-8-16)11-14-22(2,3)4/h5-8,17H,9-10,12-13H2,1-4H3. The SMILES string of the molecule is C[Si](C)(C)C#Cc1ccc(C2CCN(S(C)(=O)=O)CC2)cc1. The van der Waals surface area contributed by atoms with E-state index in [4.69, 9.17) is 0 Å². The first kappa shape index (κ1) is 17.3. The minimum Gasteiger partial charge on any atom is -0.213 e. The zero-order valence-electron chi connectivity index (χ0n) is 13.9. The van der Waals surface area contributed by atoms with Crippen LogP contribution in [-0.4, -0.2) is 40.1 Å². The van der Waals surface area contributed by atoms with E-state index in [1.165, 1.54) is 11.8 Å². The van der Waals surface area contributed by atoms with Crippen LogP contribution in [0.4, 0.5) is 0 Å². The third kappa shape index (κ3) is 4.98. The number of sulfonamides is 1. The van der Waals surface area contributed by atoms with Gasteiger partial charge in [-0.15, -0.1) is 5.54 Å². The Morgan fingerprint density at radius 1 is 1.09 bits per heavy atom. The number of nitrogens with zero attached hydrogens (tertiary/aromatic N) is 1. The fraction of sp³-hybridized carbons (Fsp3) is 0.529. The van der Waals surface area contributed by atoms with Gasteiger partial charge < -0.3 is 0 Å². The van der Waals surface area contributed by atoms with Crippen LogP contribution >= 0.6 is 0 Å². The lowest BCUT2D eigenvalue weighted by Crippen LogP contribution is -2.37. The third-order valence-electron chi connectivity index (χ3n) is 3.89. The monoisotopic (exact) mass is 335 g/mol. The van der Waals surface area contributed by atoms with Gasteiger partial charge in [-0.3, -0.25) is 0 Å². The summed E-state index contributed by atoms with van der Waals surface area (Å²) in [7, 11) is -4.38. The molecule has 0 atom stereocenters. The first-order valence-corrected chi connectivity index (χ1v) is 13.1. The molecule has 0 spiro atoms. The maximum atomic E-state index is 11.5. The minimum atomic E-state index is -3.04. The fourth-order valence-electron chi connectivity index (χ4n) is 2.62. The largest absolute Gasteiger partial charge is 0.213 e. The third-order valence-corrected chi connectivity index (χ3v) is 6.07. The Morgan fingerprint density at radius 3 is 2.09 bits per heavy atom. The second-order valence-corrected chi connectivity index (χ2v) is 13.8. The molecular formula is C17H25NO2SSi. The predicted octanol–water partition coefficient (Wildman–Crippen LogP) is 3.05. The molecule has 0 aromatic heterocycles. The molecule has 3 nitrogen and oxygen atoms in total. The van der Waals surface area contributed by atoms with Crippen LogP contribution in [0.1, 0.15) is 29.9 Å². The van der Waals surface area contributed by atoms with Gasteiger partial charge in [-0.2, -0.15) is 0 Å². The lowest BCUT2D eigenvalue weighted by atomic mass is 9.90. The zero-order chi connectivity index (χ0) is 16.4. The average Bonchev–Trinajstić information content (AvgIpc) is 2.44. The highest BCUT2D eigenvalue weighted by Crippen LogP contribution is 2.28. The maximum absolute atomic E-state index is 11.5. The van der Waals surface area contributed by atoms with E-state index in [9.17, 15) is 8.42 Å². The van der Waals surface area contributed by atoms with Crippen LogP contribution in [0.2, 0.25) is 19.6 Å². The smallest absolute Gasteiger partial charge is 0.211 e. The van der Waals surface area contributed by atoms with Gasteiger partial charge in [0.15, 0.2) is 0 Å². The van der Waals surface area contributed by atoms with Gasteiger partial charge in [0.25, 0.3) is 0 Å². The molecule has 1 heterocycles. The number of hydrogen-bond acceptors (Lipinski definition) is 2. The van der Waals surface area contributed by atoms with E-state index in [1.54, 1.807) is 4.31 Å². The highest BCUT2D eigenvalue weighted by Gasteiger charge is 2.25. The van der Waals surface area contributed by atoms with Crippen molar-refractivity contribution in [1.82, 2.24) is 4.31 Å². The van der Waals surface area contributed by atoms with Crippen LogP contribution in [0.25, 0.3) is 0 Å². The number of rotatable bonds is 2. The van der Waals surface area contributed by atoms with Gasteiger partial charge in [-0.1, -0.05) is 37.7 Å². The van der Waals surface area contributed by atoms with Crippen molar-refractivity contribution in [2.45, 2.75) is 38.4 Å². The maximum Gasteiger partial charge on any atom is 0.211 e. The molecule has 1 fully saturated rings. The highest BCUT2D eigenvalue weighted by molar-refractivity contribution is 7.88. The highest BCUT2D eigenvalue weighted by atomic mass is 32.2. The van der Waals surface area contributed by atoms with E-state index in [-0.39, 0.29) is 0 Å². The fourth-order valence-corrected chi connectivity index (χ4v) is 4.01. The van der Waals surface area contributed by atoms with Gasteiger partial charge in [-0.05, 0) is 36.5 Å². The average molecular weight is 336 g/mol. The first-order chi connectivity index (χ1) is 10.1. The molecule has 1 aromatic rings. The topological polar surface area (TPSA) is 37.4 Å². The molecule has 1 aliphatic heterocycles. The zero-order valence-corrected chi connectivity index (χ0v) is 15.7. The van der Waals surface area contributed by atoms with Crippen molar-refractivity contribution in [1.29, 1.82) is 0 Å². The lowest BCUT2D eigenvalue weighted by Gasteiger charge is -2.30. The first-order valence-electron chi connectivity index (χ1n) is 7.73. The number of benzene rings is 1. The van der Waals surface area contributed by atoms with Crippen molar-refractivity contribution in [3.63, 3.8) is 0 Å². The van der Waals surface area contributed by atoms with E-state index in [2.05, 4.69) is 55.4 Å². The molecule has 120 valence electrons. The van der Waals surface area contributed by atoms with Crippen molar-refractivity contribution in [2.75, 3.05) is 19.3 Å². The Morgan fingerprint density at radius 2 is 1.64 bits per heavy atom. The van der Waals surface area contributed by atoms with E-state index >= 15 is 0 Å². The van der Waals surface area contributed by atoms with E-state index in [0.717, 1.165) is 18.4 Å². The molecule has 0 aliphatic carbocycles. The molecule has 1 saturated heterocycles. The summed E-state index contributed by atoms with van der Waals surface area (Å²) in [6.45, 7) is 7.97. The van der Waals surface area contributed by atoms with Crippen molar-refractivity contribution >= 4 is 18.1 Å². The van der Waals surface area contributed by atoms with Crippen LogP contribution in [0.5, 0.6) is 0 Å². The molecule has 0 N–H and O–H groups in total. The summed E-state index contributed by atoms with van der Waals surface area (Å²) in [6, 6.07) is 8.47. The minimum absolute atomic E-state index is 0.456. The molecule has 0 unspecified atom stereocenters. The quantitative estimate of drug-likeness (QED) is 0.615. The van der Waals surface area contributed by atoms with Gasteiger partial charge in [0, 0.05) is 18.7 Å².